The maximum absolute atomic E-state index is 12.5. The van der Waals surface area contributed by atoms with Crippen LogP contribution in [-0.4, -0.2) is 35.0 Å². The van der Waals surface area contributed by atoms with Gasteiger partial charge in [-0.25, -0.2) is 4.79 Å². The fraction of sp³-hybridized carbons (Fsp3) is 0.500. The molecule has 1 aromatic rings. The number of aliphatic carboxylic acids is 1. The average molecular weight is 334 g/mol. The Kier molecular flexibility index (Phi) is 7.42. The molecule has 0 aliphatic carbocycles. The molecule has 0 saturated heterocycles. The topological polar surface area (TPSA) is 95.5 Å². The molecule has 1 rings (SSSR count). The number of amides is 2. The molecule has 0 bridgehead atoms. The maximum Gasteiger partial charge on any atom is 0.326 e. The minimum absolute atomic E-state index is 0.128. The highest BCUT2D eigenvalue weighted by Gasteiger charge is 2.29. The zero-order valence-corrected chi connectivity index (χ0v) is 14.6. The van der Waals surface area contributed by atoms with E-state index in [1.54, 1.807) is 44.2 Å². The molecule has 0 radical (unpaired) electrons. The number of hydrogen-bond donors (Lipinski definition) is 3. The molecule has 0 aliphatic rings. The second kappa shape index (κ2) is 9.05. The minimum Gasteiger partial charge on any atom is -0.480 e. The van der Waals surface area contributed by atoms with Gasteiger partial charge in [0.15, 0.2) is 0 Å². The molecule has 2 atom stereocenters. The molecular formula is C18H26N2O4. The van der Waals surface area contributed by atoms with Crippen molar-refractivity contribution in [2.75, 3.05) is 0 Å². The molecule has 3 N–H and O–H groups in total. The zero-order chi connectivity index (χ0) is 18.3. The van der Waals surface area contributed by atoms with Crippen molar-refractivity contribution >= 4 is 17.8 Å². The highest BCUT2D eigenvalue weighted by Crippen LogP contribution is 2.09. The molecule has 0 unspecified atom stereocenters. The van der Waals surface area contributed by atoms with Crippen molar-refractivity contribution in [1.82, 2.24) is 10.6 Å². The van der Waals surface area contributed by atoms with Gasteiger partial charge in [-0.1, -0.05) is 45.9 Å². The summed E-state index contributed by atoms with van der Waals surface area (Å²) < 4.78 is 0. The van der Waals surface area contributed by atoms with Crippen molar-refractivity contribution in [3.05, 3.63) is 35.9 Å². The van der Waals surface area contributed by atoms with Gasteiger partial charge in [0.1, 0.15) is 12.1 Å². The molecule has 0 fully saturated rings. The summed E-state index contributed by atoms with van der Waals surface area (Å²) >= 11 is 0. The Morgan fingerprint density at radius 1 is 1.00 bits per heavy atom. The van der Waals surface area contributed by atoms with Crippen LogP contribution in [0.2, 0.25) is 0 Å². The van der Waals surface area contributed by atoms with Crippen LogP contribution in [-0.2, 0) is 9.59 Å². The maximum atomic E-state index is 12.5. The lowest BCUT2D eigenvalue weighted by atomic mass is 10.00. The third-order valence-electron chi connectivity index (χ3n) is 3.59. The van der Waals surface area contributed by atoms with Gasteiger partial charge in [0, 0.05) is 5.56 Å². The van der Waals surface area contributed by atoms with Crippen LogP contribution in [0.1, 0.15) is 44.5 Å². The van der Waals surface area contributed by atoms with Gasteiger partial charge in [-0.3, -0.25) is 9.59 Å². The number of carboxylic acid groups (broad SMARTS) is 1. The second-order valence-electron chi connectivity index (χ2n) is 6.59. The number of nitrogens with one attached hydrogen (secondary N) is 2. The van der Waals surface area contributed by atoms with E-state index in [0.717, 1.165) is 0 Å². The van der Waals surface area contributed by atoms with E-state index in [9.17, 15) is 19.5 Å². The summed E-state index contributed by atoms with van der Waals surface area (Å²) in [6, 6.07) is 6.82. The molecule has 0 spiro atoms. The third kappa shape index (κ3) is 6.02. The van der Waals surface area contributed by atoms with Crippen molar-refractivity contribution in [2.24, 2.45) is 11.8 Å². The molecular weight excluding hydrogens is 308 g/mol. The van der Waals surface area contributed by atoms with E-state index < -0.39 is 24.0 Å². The Hall–Kier alpha value is -2.37. The monoisotopic (exact) mass is 334 g/mol. The number of carbonyl (C=O) groups is 3. The first-order chi connectivity index (χ1) is 11.2. The van der Waals surface area contributed by atoms with Gasteiger partial charge in [-0.05, 0) is 30.4 Å². The summed E-state index contributed by atoms with van der Waals surface area (Å²) in [6.45, 7) is 7.37. The second-order valence-corrected chi connectivity index (χ2v) is 6.59. The summed E-state index contributed by atoms with van der Waals surface area (Å²) in [5.74, 6) is -1.97. The number of carbonyl (C=O) groups excluding carboxylic acids is 2. The lowest BCUT2D eigenvalue weighted by Crippen LogP contribution is -2.53. The van der Waals surface area contributed by atoms with E-state index in [-0.39, 0.29) is 17.7 Å². The van der Waals surface area contributed by atoms with Crippen molar-refractivity contribution in [3.63, 3.8) is 0 Å². The third-order valence-corrected chi connectivity index (χ3v) is 3.59. The number of benzene rings is 1. The molecule has 6 nitrogen and oxygen atoms in total. The Morgan fingerprint density at radius 2 is 1.58 bits per heavy atom. The Morgan fingerprint density at radius 3 is 2.04 bits per heavy atom. The van der Waals surface area contributed by atoms with Crippen molar-refractivity contribution in [3.8, 4) is 0 Å². The van der Waals surface area contributed by atoms with Gasteiger partial charge >= 0.3 is 5.97 Å². The summed E-state index contributed by atoms with van der Waals surface area (Å²) in [6.07, 6.45) is 0.332. The number of hydrogen-bond acceptors (Lipinski definition) is 3. The van der Waals surface area contributed by atoms with E-state index in [4.69, 9.17) is 0 Å². The first-order valence-corrected chi connectivity index (χ1v) is 8.11. The van der Waals surface area contributed by atoms with E-state index in [1.165, 1.54) is 0 Å². The van der Waals surface area contributed by atoms with Crippen LogP contribution in [0.4, 0.5) is 0 Å². The highest BCUT2D eigenvalue weighted by molar-refractivity contribution is 5.98. The molecule has 0 aliphatic heterocycles. The van der Waals surface area contributed by atoms with Crippen LogP contribution in [0.25, 0.3) is 0 Å². The van der Waals surface area contributed by atoms with Gasteiger partial charge < -0.3 is 15.7 Å². The lowest BCUT2D eigenvalue weighted by molar-refractivity contribution is -0.142. The first-order valence-electron chi connectivity index (χ1n) is 8.11. The SMILES string of the molecule is CC(C)C[C@H](NC(=O)[C@@H](NC(=O)c1ccccc1)C(C)C)C(=O)O. The predicted molar refractivity (Wildman–Crippen MR) is 91.6 cm³/mol. The zero-order valence-electron chi connectivity index (χ0n) is 14.6. The summed E-state index contributed by atoms with van der Waals surface area (Å²) in [4.78, 5) is 36.0. The molecule has 6 heteroatoms. The Labute approximate surface area is 142 Å². The van der Waals surface area contributed by atoms with Crippen LogP contribution in [0, 0.1) is 11.8 Å². The fourth-order valence-electron chi connectivity index (χ4n) is 2.30. The van der Waals surface area contributed by atoms with E-state index in [0.29, 0.717) is 12.0 Å². The molecule has 132 valence electrons. The van der Waals surface area contributed by atoms with Crippen molar-refractivity contribution in [2.45, 2.75) is 46.2 Å². The molecule has 0 heterocycles. The standard InChI is InChI=1S/C18H26N2O4/c1-11(2)10-14(18(23)24)19-17(22)15(12(3)4)20-16(21)13-8-6-5-7-9-13/h5-9,11-12,14-15H,10H2,1-4H3,(H,19,22)(H,20,21)(H,23,24)/t14-,15-/m0/s1. The Bertz CT molecular complexity index is 570. The van der Waals surface area contributed by atoms with Crippen LogP contribution >= 0.6 is 0 Å². The fourth-order valence-corrected chi connectivity index (χ4v) is 2.30. The quantitative estimate of drug-likeness (QED) is 0.678. The molecule has 0 aromatic heterocycles. The molecule has 24 heavy (non-hydrogen) atoms. The minimum atomic E-state index is -1.08. The summed E-state index contributed by atoms with van der Waals surface area (Å²) in [5, 5.41) is 14.5. The lowest BCUT2D eigenvalue weighted by Gasteiger charge is -2.24. The van der Waals surface area contributed by atoms with Crippen molar-refractivity contribution in [1.29, 1.82) is 0 Å². The Balaban J connectivity index is 2.81. The number of rotatable bonds is 8. The summed E-state index contributed by atoms with van der Waals surface area (Å²) in [7, 11) is 0. The summed E-state index contributed by atoms with van der Waals surface area (Å²) in [5.41, 5.74) is 0.452. The van der Waals surface area contributed by atoms with Crippen LogP contribution < -0.4 is 10.6 Å². The average Bonchev–Trinajstić information content (AvgIpc) is 2.51. The van der Waals surface area contributed by atoms with Gasteiger partial charge in [0.2, 0.25) is 5.91 Å². The van der Waals surface area contributed by atoms with E-state index in [1.807, 2.05) is 13.8 Å². The van der Waals surface area contributed by atoms with Gasteiger partial charge in [-0.2, -0.15) is 0 Å². The van der Waals surface area contributed by atoms with Gasteiger partial charge in [0.05, 0.1) is 0 Å². The first kappa shape index (κ1) is 19.7. The van der Waals surface area contributed by atoms with Crippen LogP contribution in [0.5, 0.6) is 0 Å². The van der Waals surface area contributed by atoms with Crippen LogP contribution in [0.3, 0.4) is 0 Å². The number of carboxylic acids is 1. The van der Waals surface area contributed by atoms with E-state index in [2.05, 4.69) is 10.6 Å². The molecule has 0 saturated carbocycles. The predicted octanol–water partition coefficient (Wildman–Crippen LogP) is 2.06. The van der Waals surface area contributed by atoms with E-state index >= 15 is 0 Å². The van der Waals surface area contributed by atoms with Crippen molar-refractivity contribution < 1.29 is 19.5 Å². The van der Waals surface area contributed by atoms with Crippen LogP contribution in [0.15, 0.2) is 30.3 Å². The highest BCUT2D eigenvalue weighted by atomic mass is 16.4. The molecule has 1 aromatic carbocycles. The van der Waals surface area contributed by atoms with Gasteiger partial charge in [0.25, 0.3) is 5.91 Å². The smallest absolute Gasteiger partial charge is 0.326 e. The largest absolute Gasteiger partial charge is 0.480 e. The normalized spacial score (nSPS) is 13.4. The van der Waals surface area contributed by atoms with Gasteiger partial charge in [-0.15, -0.1) is 0 Å². The molecule has 2 amide bonds.